The minimum Gasteiger partial charge on any atom is -0.390 e. The molecule has 4 saturated carbocycles. The molecule has 0 aromatic heterocycles. The molecule has 0 heterocycles. The number of hydrogen-bond acceptors (Lipinski definition) is 2. The Morgan fingerprint density at radius 1 is 1.05 bits per heavy atom. The molecule has 5 atom stereocenters. The van der Waals surface area contributed by atoms with Gasteiger partial charge in [-0.3, -0.25) is 0 Å². The van der Waals surface area contributed by atoms with E-state index in [1.807, 2.05) is 0 Å². The van der Waals surface area contributed by atoms with Crippen LogP contribution in [0.15, 0.2) is 30.3 Å². The van der Waals surface area contributed by atoms with Crippen molar-refractivity contribution in [1.29, 1.82) is 0 Å². The summed E-state index contributed by atoms with van der Waals surface area (Å²) in [6.45, 7) is 0.974. The highest BCUT2D eigenvalue weighted by atomic mass is 16.3. The van der Waals surface area contributed by atoms with Crippen LogP contribution in [0.5, 0.6) is 0 Å². The molecule has 0 unspecified atom stereocenters. The largest absolute Gasteiger partial charge is 0.390 e. The van der Waals surface area contributed by atoms with E-state index in [0.717, 1.165) is 31.7 Å². The highest BCUT2D eigenvalue weighted by molar-refractivity contribution is 5.15. The van der Waals surface area contributed by atoms with E-state index in [2.05, 4.69) is 35.6 Å². The molecular weight excluding hydrogens is 234 g/mol. The molecule has 0 amide bonds. The number of benzene rings is 1. The lowest BCUT2D eigenvalue weighted by atomic mass is 9.52. The maximum Gasteiger partial charge on any atom is 0.0657 e. The van der Waals surface area contributed by atoms with Crippen LogP contribution in [0.2, 0.25) is 0 Å². The fourth-order valence-electron chi connectivity index (χ4n) is 5.15. The van der Waals surface area contributed by atoms with Crippen LogP contribution in [0.1, 0.15) is 37.7 Å². The summed E-state index contributed by atoms with van der Waals surface area (Å²) in [5.41, 5.74) is 1.07. The molecule has 4 aliphatic carbocycles. The molecule has 19 heavy (non-hydrogen) atoms. The third kappa shape index (κ3) is 2.11. The minimum atomic E-state index is -0.304. The third-order valence-electron chi connectivity index (χ3n) is 5.63. The molecule has 4 bridgehead atoms. The lowest BCUT2D eigenvalue weighted by Crippen LogP contribution is -2.60. The quantitative estimate of drug-likeness (QED) is 0.872. The average Bonchev–Trinajstić information content (AvgIpc) is 2.37. The van der Waals surface area contributed by atoms with Crippen molar-refractivity contribution in [2.45, 2.75) is 50.3 Å². The predicted octanol–water partition coefficient (Wildman–Crippen LogP) is 2.72. The van der Waals surface area contributed by atoms with Gasteiger partial charge in [0.2, 0.25) is 0 Å². The van der Waals surface area contributed by atoms with Crippen molar-refractivity contribution in [2.75, 3.05) is 0 Å². The van der Waals surface area contributed by atoms with E-state index in [0.29, 0.717) is 17.9 Å². The fraction of sp³-hybridized carbons (Fsp3) is 0.647. The van der Waals surface area contributed by atoms with Crippen LogP contribution in [0.25, 0.3) is 0 Å². The molecule has 1 aromatic carbocycles. The maximum absolute atomic E-state index is 10.6. The van der Waals surface area contributed by atoms with Crippen molar-refractivity contribution >= 4 is 0 Å². The normalized spacial score (nSPS) is 43.6. The zero-order valence-electron chi connectivity index (χ0n) is 11.4. The van der Waals surface area contributed by atoms with E-state index in [1.165, 1.54) is 18.4 Å². The van der Waals surface area contributed by atoms with Crippen molar-refractivity contribution in [3.05, 3.63) is 35.9 Å². The molecule has 0 spiro atoms. The van der Waals surface area contributed by atoms with Gasteiger partial charge in [0, 0.05) is 12.6 Å². The summed E-state index contributed by atoms with van der Waals surface area (Å²) in [6.07, 6.45) is 5.82. The van der Waals surface area contributed by atoms with Crippen LogP contribution in [0.3, 0.4) is 0 Å². The van der Waals surface area contributed by atoms with Crippen LogP contribution in [-0.4, -0.2) is 16.7 Å². The molecule has 0 radical (unpaired) electrons. The first kappa shape index (κ1) is 11.9. The average molecular weight is 257 g/mol. The van der Waals surface area contributed by atoms with Gasteiger partial charge < -0.3 is 10.4 Å². The molecule has 2 N–H and O–H groups in total. The first-order chi connectivity index (χ1) is 9.22. The SMILES string of the molecule is O[C@]12C[C@@H]3C[C@H](C1)[C@H](NCc1ccccc1)[C@@H](C3)C2. The van der Waals surface area contributed by atoms with Gasteiger partial charge >= 0.3 is 0 Å². The maximum atomic E-state index is 10.6. The van der Waals surface area contributed by atoms with E-state index >= 15 is 0 Å². The zero-order valence-corrected chi connectivity index (χ0v) is 11.4. The standard InChI is InChI=1S/C17H23NO/c19-17-8-13-6-14(9-17)16(15(7-13)10-17)18-11-12-4-2-1-3-5-12/h1-5,13-16,18-19H,6-11H2/t13-,14-,15+,16+,17-. The van der Waals surface area contributed by atoms with Crippen LogP contribution in [0, 0.1) is 17.8 Å². The smallest absolute Gasteiger partial charge is 0.0657 e. The van der Waals surface area contributed by atoms with Gasteiger partial charge in [0.15, 0.2) is 0 Å². The van der Waals surface area contributed by atoms with E-state index in [9.17, 15) is 5.11 Å². The van der Waals surface area contributed by atoms with Crippen LogP contribution in [0.4, 0.5) is 0 Å². The fourth-order valence-corrected chi connectivity index (χ4v) is 5.15. The molecular formula is C17H23NO. The van der Waals surface area contributed by atoms with Crippen LogP contribution < -0.4 is 5.32 Å². The summed E-state index contributed by atoms with van der Waals surface area (Å²) < 4.78 is 0. The Hall–Kier alpha value is -0.860. The molecule has 4 aliphatic rings. The predicted molar refractivity (Wildman–Crippen MR) is 75.6 cm³/mol. The molecule has 4 fully saturated rings. The van der Waals surface area contributed by atoms with Gasteiger partial charge in [0.05, 0.1) is 5.60 Å². The molecule has 0 aliphatic heterocycles. The molecule has 5 rings (SSSR count). The number of nitrogens with one attached hydrogen (secondary N) is 1. The van der Waals surface area contributed by atoms with Crippen LogP contribution >= 0.6 is 0 Å². The Bertz CT molecular complexity index is 442. The van der Waals surface area contributed by atoms with Crippen molar-refractivity contribution in [1.82, 2.24) is 5.32 Å². The second-order valence-corrected chi connectivity index (χ2v) is 7.09. The molecule has 2 heteroatoms. The third-order valence-corrected chi connectivity index (χ3v) is 5.63. The Labute approximate surface area is 115 Å². The zero-order chi connectivity index (χ0) is 12.9. The second-order valence-electron chi connectivity index (χ2n) is 7.09. The monoisotopic (exact) mass is 257 g/mol. The Kier molecular flexibility index (Phi) is 2.71. The van der Waals surface area contributed by atoms with Gasteiger partial charge in [0.1, 0.15) is 0 Å². The number of aliphatic hydroxyl groups is 1. The van der Waals surface area contributed by atoms with Gasteiger partial charge in [-0.15, -0.1) is 0 Å². The highest BCUT2D eigenvalue weighted by Gasteiger charge is 2.54. The van der Waals surface area contributed by atoms with Crippen molar-refractivity contribution < 1.29 is 5.11 Å². The Balaban J connectivity index is 1.45. The van der Waals surface area contributed by atoms with E-state index in [4.69, 9.17) is 0 Å². The summed E-state index contributed by atoms with van der Waals surface area (Å²) in [6, 6.07) is 11.3. The molecule has 2 nitrogen and oxygen atoms in total. The topological polar surface area (TPSA) is 32.3 Å². The van der Waals surface area contributed by atoms with Gasteiger partial charge in [-0.05, 0) is 55.4 Å². The summed E-state index contributed by atoms with van der Waals surface area (Å²) in [7, 11) is 0. The summed E-state index contributed by atoms with van der Waals surface area (Å²) in [4.78, 5) is 0. The summed E-state index contributed by atoms with van der Waals surface area (Å²) in [5, 5.41) is 14.4. The van der Waals surface area contributed by atoms with Crippen LogP contribution in [-0.2, 0) is 6.54 Å². The summed E-state index contributed by atoms with van der Waals surface area (Å²) >= 11 is 0. The van der Waals surface area contributed by atoms with Gasteiger partial charge in [-0.1, -0.05) is 30.3 Å². The first-order valence-corrected chi connectivity index (χ1v) is 7.72. The lowest BCUT2D eigenvalue weighted by molar-refractivity contribution is -0.138. The Morgan fingerprint density at radius 2 is 1.74 bits per heavy atom. The Morgan fingerprint density at radius 3 is 2.37 bits per heavy atom. The molecule has 102 valence electrons. The second kappa shape index (κ2) is 4.32. The van der Waals surface area contributed by atoms with E-state index in [-0.39, 0.29) is 5.60 Å². The number of rotatable bonds is 3. The highest BCUT2D eigenvalue weighted by Crippen LogP contribution is 2.55. The van der Waals surface area contributed by atoms with E-state index < -0.39 is 0 Å². The molecule has 1 aromatic rings. The van der Waals surface area contributed by atoms with Gasteiger partial charge in [-0.25, -0.2) is 0 Å². The van der Waals surface area contributed by atoms with Crippen molar-refractivity contribution in [2.24, 2.45) is 17.8 Å². The lowest BCUT2D eigenvalue weighted by Gasteiger charge is -2.58. The van der Waals surface area contributed by atoms with E-state index in [1.54, 1.807) is 0 Å². The first-order valence-electron chi connectivity index (χ1n) is 7.72. The minimum absolute atomic E-state index is 0.304. The molecule has 0 saturated heterocycles. The van der Waals surface area contributed by atoms with Gasteiger partial charge in [0.25, 0.3) is 0 Å². The van der Waals surface area contributed by atoms with Crippen molar-refractivity contribution in [3.8, 4) is 0 Å². The van der Waals surface area contributed by atoms with Gasteiger partial charge in [-0.2, -0.15) is 0 Å². The summed E-state index contributed by atoms with van der Waals surface area (Å²) in [5.74, 6) is 2.22. The van der Waals surface area contributed by atoms with Crippen molar-refractivity contribution in [3.63, 3.8) is 0 Å². The number of hydrogen-bond donors (Lipinski definition) is 2.